The van der Waals surface area contributed by atoms with Crippen LogP contribution in [-0.4, -0.2) is 5.97 Å². The van der Waals surface area contributed by atoms with E-state index in [1.54, 1.807) is 6.07 Å². The van der Waals surface area contributed by atoms with E-state index in [-0.39, 0.29) is 5.92 Å². The topological polar surface area (TPSA) is 62.1 Å². The summed E-state index contributed by atoms with van der Waals surface area (Å²) < 4.78 is 5.75. The number of fused-ring (bicyclic) bond motifs is 1. The molecule has 0 aliphatic rings. The van der Waals surface area contributed by atoms with Crippen molar-refractivity contribution in [3.63, 3.8) is 0 Å². The second-order valence-electron chi connectivity index (χ2n) is 8.39. The first-order valence-corrected chi connectivity index (χ1v) is 11.1. The van der Waals surface area contributed by atoms with Crippen LogP contribution in [0.2, 0.25) is 0 Å². The Bertz CT molecular complexity index is 1290. The van der Waals surface area contributed by atoms with Gasteiger partial charge < -0.3 is 10.1 Å². The molecule has 0 saturated carbocycles. The molecule has 4 heteroatoms. The van der Waals surface area contributed by atoms with Crippen molar-refractivity contribution >= 4 is 28.1 Å². The second-order valence-corrected chi connectivity index (χ2v) is 8.39. The molecule has 0 saturated heterocycles. The highest BCUT2D eigenvalue weighted by Crippen LogP contribution is 2.31. The standard InChI is InChI=1S/C29H26N2O2/c1-20(2)28(24-16-15-21-9-6-7-10-22(21)17-24)29(32)33-27(19-30)23-11-8-14-26(18-23)31-25-12-4-3-5-13-25/h3-18,20,27-28,31H,1-2H3. The highest BCUT2D eigenvalue weighted by atomic mass is 16.5. The Hall–Kier alpha value is -4.10. The van der Waals surface area contributed by atoms with Crippen molar-refractivity contribution < 1.29 is 9.53 Å². The highest BCUT2D eigenvalue weighted by Gasteiger charge is 2.29. The molecule has 4 nitrogen and oxygen atoms in total. The number of para-hydroxylation sites is 1. The van der Waals surface area contributed by atoms with Gasteiger partial charge >= 0.3 is 5.97 Å². The number of anilines is 2. The zero-order chi connectivity index (χ0) is 23.2. The van der Waals surface area contributed by atoms with Crippen LogP contribution >= 0.6 is 0 Å². The number of nitrogens with one attached hydrogen (secondary N) is 1. The van der Waals surface area contributed by atoms with Crippen LogP contribution in [0.3, 0.4) is 0 Å². The highest BCUT2D eigenvalue weighted by molar-refractivity contribution is 5.86. The van der Waals surface area contributed by atoms with Crippen LogP contribution in [0.5, 0.6) is 0 Å². The van der Waals surface area contributed by atoms with Crippen LogP contribution in [0.1, 0.15) is 37.0 Å². The second kappa shape index (κ2) is 10.0. The summed E-state index contributed by atoms with van der Waals surface area (Å²) in [5.41, 5.74) is 3.29. The summed E-state index contributed by atoms with van der Waals surface area (Å²) in [7, 11) is 0. The molecule has 0 radical (unpaired) electrons. The lowest BCUT2D eigenvalue weighted by molar-refractivity contribution is -0.150. The molecule has 1 N–H and O–H groups in total. The minimum absolute atomic E-state index is 0.0177. The van der Waals surface area contributed by atoms with Gasteiger partial charge in [-0.2, -0.15) is 5.26 Å². The molecule has 4 rings (SSSR count). The number of benzene rings is 4. The Labute approximate surface area is 194 Å². The number of esters is 1. The number of nitriles is 1. The fraction of sp³-hybridized carbons (Fsp3) is 0.172. The summed E-state index contributed by atoms with van der Waals surface area (Å²) in [5.74, 6) is -0.839. The number of nitrogens with zero attached hydrogens (tertiary/aromatic N) is 1. The molecule has 0 aliphatic heterocycles. The molecule has 0 bridgehead atoms. The first-order valence-electron chi connectivity index (χ1n) is 11.1. The Balaban J connectivity index is 1.55. The van der Waals surface area contributed by atoms with E-state index in [0.717, 1.165) is 27.7 Å². The normalized spacial score (nSPS) is 12.7. The van der Waals surface area contributed by atoms with E-state index < -0.39 is 18.0 Å². The van der Waals surface area contributed by atoms with Gasteiger partial charge in [0.15, 0.2) is 0 Å². The van der Waals surface area contributed by atoms with Gasteiger partial charge in [-0.15, -0.1) is 0 Å². The van der Waals surface area contributed by atoms with Crippen LogP contribution < -0.4 is 5.32 Å². The van der Waals surface area contributed by atoms with E-state index in [4.69, 9.17) is 4.74 Å². The van der Waals surface area contributed by atoms with E-state index in [1.165, 1.54) is 0 Å². The molecule has 33 heavy (non-hydrogen) atoms. The van der Waals surface area contributed by atoms with E-state index in [0.29, 0.717) is 5.56 Å². The third kappa shape index (κ3) is 5.22. The summed E-state index contributed by atoms with van der Waals surface area (Å²) in [6, 6.07) is 33.4. The SMILES string of the molecule is CC(C)C(C(=O)OC(C#N)c1cccc(Nc2ccccc2)c1)c1ccc2ccccc2c1. The maximum absolute atomic E-state index is 13.3. The van der Waals surface area contributed by atoms with Crippen LogP contribution in [0, 0.1) is 17.2 Å². The lowest BCUT2D eigenvalue weighted by Gasteiger charge is -2.22. The molecule has 2 unspecified atom stereocenters. The maximum atomic E-state index is 13.3. The molecule has 0 heterocycles. The fourth-order valence-electron chi connectivity index (χ4n) is 4.02. The minimum atomic E-state index is -0.989. The van der Waals surface area contributed by atoms with E-state index in [9.17, 15) is 10.1 Å². The number of rotatable bonds is 7. The van der Waals surface area contributed by atoms with Crippen LogP contribution in [0.4, 0.5) is 11.4 Å². The largest absolute Gasteiger partial charge is 0.441 e. The fourth-order valence-corrected chi connectivity index (χ4v) is 4.02. The first-order chi connectivity index (χ1) is 16.0. The van der Waals surface area contributed by atoms with Gasteiger partial charge in [0.2, 0.25) is 6.10 Å². The van der Waals surface area contributed by atoms with Crippen molar-refractivity contribution in [2.24, 2.45) is 5.92 Å². The quantitative estimate of drug-likeness (QED) is 0.314. The van der Waals surface area contributed by atoms with Gasteiger partial charge in [-0.1, -0.05) is 86.6 Å². The average Bonchev–Trinajstić information content (AvgIpc) is 2.83. The van der Waals surface area contributed by atoms with Gasteiger partial charge in [-0.05, 0) is 46.5 Å². The number of carbonyl (C=O) groups excluding carboxylic acids is 1. The van der Waals surface area contributed by atoms with Gasteiger partial charge in [0, 0.05) is 16.9 Å². The van der Waals surface area contributed by atoms with E-state index >= 15 is 0 Å². The summed E-state index contributed by atoms with van der Waals surface area (Å²) in [6.07, 6.45) is -0.989. The predicted molar refractivity (Wildman–Crippen MR) is 132 cm³/mol. The van der Waals surface area contributed by atoms with Crippen molar-refractivity contribution in [2.45, 2.75) is 25.9 Å². The molecule has 0 amide bonds. The maximum Gasteiger partial charge on any atom is 0.315 e. The molecule has 0 aliphatic carbocycles. The zero-order valence-corrected chi connectivity index (χ0v) is 18.7. The zero-order valence-electron chi connectivity index (χ0n) is 18.7. The lowest BCUT2D eigenvalue weighted by Crippen LogP contribution is -2.22. The van der Waals surface area contributed by atoms with Gasteiger partial charge in [-0.3, -0.25) is 4.79 Å². The van der Waals surface area contributed by atoms with Crippen molar-refractivity contribution in [3.8, 4) is 6.07 Å². The molecule has 0 fully saturated rings. The summed E-state index contributed by atoms with van der Waals surface area (Å²) in [4.78, 5) is 13.3. The minimum Gasteiger partial charge on any atom is -0.441 e. The van der Waals surface area contributed by atoms with Crippen molar-refractivity contribution in [3.05, 3.63) is 108 Å². The average molecular weight is 435 g/mol. The lowest BCUT2D eigenvalue weighted by atomic mass is 9.87. The molecular formula is C29H26N2O2. The Morgan fingerprint density at radius 1 is 0.788 bits per heavy atom. The Morgan fingerprint density at radius 3 is 2.21 bits per heavy atom. The molecule has 4 aromatic carbocycles. The molecule has 0 aromatic heterocycles. The number of hydrogen-bond donors (Lipinski definition) is 1. The molecule has 4 aromatic rings. The Morgan fingerprint density at radius 2 is 1.48 bits per heavy atom. The molecule has 0 spiro atoms. The number of hydrogen-bond acceptors (Lipinski definition) is 4. The van der Waals surface area contributed by atoms with Crippen molar-refractivity contribution in [2.75, 3.05) is 5.32 Å². The van der Waals surface area contributed by atoms with E-state index in [2.05, 4.69) is 11.4 Å². The van der Waals surface area contributed by atoms with Gasteiger partial charge in [0.1, 0.15) is 6.07 Å². The van der Waals surface area contributed by atoms with Gasteiger partial charge in [0.05, 0.1) is 5.92 Å². The number of carbonyl (C=O) groups is 1. The van der Waals surface area contributed by atoms with Crippen LogP contribution in [0.25, 0.3) is 10.8 Å². The summed E-state index contributed by atoms with van der Waals surface area (Å²) >= 11 is 0. The molecule has 2 atom stereocenters. The monoisotopic (exact) mass is 434 g/mol. The van der Waals surface area contributed by atoms with Crippen molar-refractivity contribution in [1.29, 1.82) is 5.26 Å². The smallest absolute Gasteiger partial charge is 0.315 e. The summed E-state index contributed by atoms with van der Waals surface area (Å²) in [6.45, 7) is 3.99. The first kappa shape index (κ1) is 22.1. The van der Waals surface area contributed by atoms with Gasteiger partial charge in [-0.25, -0.2) is 0 Å². The molecule has 164 valence electrons. The van der Waals surface area contributed by atoms with Crippen molar-refractivity contribution in [1.82, 2.24) is 0 Å². The number of ether oxygens (including phenoxy) is 1. The third-order valence-electron chi connectivity index (χ3n) is 5.66. The predicted octanol–water partition coefficient (Wildman–Crippen LogP) is 7.13. The third-order valence-corrected chi connectivity index (χ3v) is 5.66. The molecular weight excluding hydrogens is 408 g/mol. The van der Waals surface area contributed by atoms with Crippen LogP contribution in [-0.2, 0) is 9.53 Å². The van der Waals surface area contributed by atoms with E-state index in [1.807, 2.05) is 105 Å². The Kier molecular flexibility index (Phi) is 6.71. The summed E-state index contributed by atoms with van der Waals surface area (Å²) in [5, 5.41) is 15.3. The van der Waals surface area contributed by atoms with Crippen LogP contribution in [0.15, 0.2) is 97.1 Å². The van der Waals surface area contributed by atoms with Gasteiger partial charge in [0.25, 0.3) is 0 Å².